The molecule has 1 heterocycles. The average Bonchev–Trinajstić information content (AvgIpc) is 3.24. The molecule has 0 unspecified atom stereocenters. The molecule has 0 saturated carbocycles. The number of benzene rings is 3. The van der Waals surface area contributed by atoms with Gasteiger partial charge < -0.3 is 0 Å². The molecule has 0 aliphatic heterocycles. The van der Waals surface area contributed by atoms with Crippen molar-refractivity contribution in [1.82, 2.24) is 20.2 Å². The van der Waals surface area contributed by atoms with Gasteiger partial charge in [-0.1, -0.05) is 84.0 Å². The van der Waals surface area contributed by atoms with Crippen LogP contribution in [0, 0.1) is 0 Å². The number of carbonyl (C=O) groups is 1. The van der Waals surface area contributed by atoms with Gasteiger partial charge in [0.2, 0.25) is 0 Å². The van der Waals surface area contributed by atoms with E-state index in [1.54, 1.807) is 18.3 Å². The number of nitrogens with one attached hydrogen (secondary N) is 1. The third-order valence-electron chi connectivity index (χ3n) is 4.28. The Bertz CT molecular complexity index is 1180. The summed E-state index contributed by atoms with van der Waals surface area (Å²) in [6.45, 7) is 0. The Morgan fingerprint density at radius 1 is 0.968 bits per heavy atom. The number of para-hydroxylation sites is 1. The van der Waals surface area contributed by atoms with Crippen molar-refractivity contribution >= 4 is 35.5 Å². The zero-order valence-electron chi connectivity index (χ0n) is 16.4. The van der Waals surface area contributed by atoms with Crippen molar-refractivity contribution in [3.8, 4) is 17.1 Å². The molecule has 0 spiro atoms. The highest BCUT2D eigenvalue weighted by Gasteiger charge is 2.16. The second-order valence-corrected chi connectivity index (χ2v) is 7.86. The highest BCUT2D eigenvalue weighted by atomic mass is 35.5. The molecule has 1 N–H and O–H groups in total. The number of hydrogen-bond acceptors (Lipinski definition) is 5. The fourth-order valence-corrected chi connectivity index (χ4v) is 3.71. The van der Waals surface area contributed by atoms with E-state index in [4.69, 9.17) is 11.6 Å². The van der Waals surface area contributed by atoms with Gasteiger partial charge >= 0.3 is 0 Å². The second kappa shape index (κ2) is 10.1. The van der Waals surface area contributed by atoms with Gasteiger partial charge in [-0.15, -0.1) is 10.2 Å². The number of thioether (sulfide) groups is 1. The fourth-order valence-electron chi connectivity index (χ4n) is 2.84. The SMILES string of the molecule is O=C(CSc1nnc(-c2ccccc2)n1-c1ccccc1)N/N=C\c1ccc(Cl)cc1. The predicted octanol–water partition coefficient (Wildman–Crippen LogP) is 4.83. The van der Waals surface area contributed by atoms with Crippen LogP contribution < -0.4 is 5.43 Å². The van der Waals surface area contributed by atoms with Crippen LogP contribution >= 0.6 is 23.4 Å². The molecule has 0 saturated heterocycles. The summed E-state index contributed by atoms with van der Waals surface area (Å²) in [4.78, 5) is 12.3. The van der Waals surface area contributed by atoms with Gasteiger partial charge in [-0.25, -0.2) is 5.43 Å². The van der Waals surface area contributed by atoms with Gasteiger partial charge in [0, 0.05) is 16.3 Å². The number of aromatic nitrogens is 3. The molecule has 6 nitrogen and oxygen atoms in total. The zero-order chi connectivity index (χ0) is 21.5. The van der Waals surface area contributed by atoms with Crippen LogP contribution in [-0.4, -0.2) is 32.6 Å². The van der Waals surface area contributed by atoms with Gasteiger partial charge in [0.05, 0.1) is 12.0 Å². The summed E-state index contributed by atoms with van der Waals surface area (Å²) in [7, 11) is 0. The summed E-state index contributed by atoms with van der Waals surface area (Å²) in [5, 5.41) is 14.0. The minimum Gasteiger partial charge on any atom is -0.272 e. The Balaban J connectivity index is 1.47. The second-order valence-electron chi connectivity index (χ2n) is 6.48. The first kappa shape index (κ1) is 20.8. The van der Waals surface area contributed by atoms with Crippen LogP contribution in [0.1, 0.15) is 5.56 Å². The molecule has 0 radical (unpaired) electrons. The van der Waals surface area contributed by atoms with Crippen molar-refractivity contribution in [2.24, 2.45) is 5.10 Å². The molecule has 4 aromatic rings. The van der Waals surface area contributed by atoms with Crippen molar-refractivity contribution < 1.29 is 4.79 Å². The normalized spacial score (nSPS) is 11.0. The Kier molecular flexibility index (Phi) is 6.76. The lowest BCUT2D eigenvalue weighted by molar-refractivity contribution is -0.118. The molecule has 0 bridgehead atoms. The van der Waals surface area contributed by atoms with Gasteiger partial charge in [0.1, 0.15) is 0 Å². The molecule has 1 amide bonds. The van der Waals surface area contributed by atoms with Gasteiger partial charge in [0.25, 0.3) is 5.91 Å². The molecular formula is C23H18ClN5OS. The molecular weight excluding hydrogens is 430 g/mol. The van der Waals surface area contributed by atoms with E-state index in [0.717, 1.165) is 22.6 Å². The minimum atomic E-state index is -0.237. The number of hydrazone groups is 1. The van der Waals surface area contributed by atoms with Gasteiger partial charge in [-0.2, -0.15) is 5.10 Å². The van der Waals surface area contributed by atoms with Gasteiger partial charge in [-0.05, 0) is 29.8 Å². The molecule has 1 aromatic heterocycles. The number of amides is 1. The summed E-state index contributed by atoms with van der Waals surface area (Å²) in [5.74, 6) is 0.632. The number of rotatable bonds is 7. The monoisotopic (exact) mass is 447 g/mol. The van der Waals surface area contributed by atoms with Gasteiger partial charge in [0.15, 0.2) is 11.0 Å². The average molecular weight is 448 g/mol. The molecule has 31 heavy (non-hydrogen) atoms. The first-order valence-electron chi connectivity index (χ1n) is 9.47. The smallest absolute Gasteiger partial charge is 0.250 e. The van der Waals surface area contributed by atoms with Crippen molar-refractivity contribution in [2.45, 2.75) is 5.16 Å². The van der Waals surface area contributed by atoms with Crippen LogP contribution in [0.3, 0.4) is 0 Å². The van der Waals surface area contributed by atoms with Crippen LogP contribution in [0.15, 0.2) is 95.2 Å². The van der Waals surface area contributed by atoms with Crippen LogP contribution in [-0.2, 0) is 4.79 Å². The first-order chi connectivity index (χ1) is 15.2. The van der Waals surface area contributed by atoms with E-state index in [-0.39, 0.29) is 11.7 Å². The maximum atomic E-state index is 12.3. The predicted molar refractivity (Wildman–Crippen MR) is 125 cm³/mol. The van der Waals surface area contributed by atoms with Crippen LogP contribution in [0.2, 0.25) is 5.02 Å². The van der Waals surface area contributed by atoms with Crippen molar-refractivity contribution in [1.29, 1.82) is 0 Å². The molecule has 0 fully saturated rings. The number of halogens is 1. The zero-order valence-corrected chi connectivity index (χ0v) is 17.9. The highest BCUT2D eigenvalue weighted by molar-refractivity contribution is 7.99. The summed E-state index contributed by atoms with van der Waals surface area (Å²) in [6, 6.07) is 26.8. The highest BCUT2D eigenvalue weighted by Crippen LogP contribution is 2.27. The summed E-state index contributed by atoms with van der Waals surface area (Å²) in [5.41, 5.74) is 5.25. The lowest BCUT2D eigenvalue weighted by Gasteiger charge is -2.10. The largest absolute Gasteiger partial charge is 0.272 e. The fraction of sp³-hybridized carbons (Fsp3) is 0.0435. The number of nitrogens with zero attached hydrogens (tertiary/aromatic N) is 4. The molecule has 0 aliphatic carbocycles. The standard InChI is InChI=1S/C23H18ClN5OS/c24-19-13-11-17(12-14-19)15-25-26-21(30)16-31-23-28-27-22(18-7-3-1-4-8-18)29(23)20-9-5-2-6-10-20/h1-15H,16H2,(H,26,30)/b25-15-. The summed E-state index contributed by atoms with van der Waals surface area (Å²) < 4.78 is 1.95. The molecule has 4 rings (SSSR count). The number of carbonyl (C=O) groups excluding carboxylic acids is 1. The van der Waals surface area contributed by atoms with Crippen LogP contribution in [0.25, 0.3) is 17.1 Å². The maximum Gasteiger partial charge on any atom is 0.250 e. The van der Waals surface area contributed by atoms with Gasteiger partial charge in [-0.3, -0.25) is 9.36 Å². The minimum absolute atomic E-state index is 0.151. The third kappa shape index (κ3) is 5.39. The summed E-state index contributed by atoms with van der Waals surface area (Å²) >= 11 is 7.16. The Hall–Kier alpha value is -3.42. The van der Waals surface area contributed by atoms with Crippen molar-refractivity contribution in [3.63, 3.8) is 0 Å². The molecule has 0 atom stereocenters. The molecule has 154 valence electrons. The Morgan fingerprint density at radius 2 is 1.65 bits per heavy atom. The van der Waals surface area contributed by atoms with E-state index in [9.17, 15) is 4.79 Å². The maximum absolute atomic E-state index is 12.3. The Morgan fingerprint density at radius 3 is 2.35 bits per heavy atom. The van der Waals surface area contributed by atoms with E-state index in [1.807, 2.05) is 77.4 Å². The third-order valence-corrected chi connectivity index (χ3v) is 5.47. The van der Waals surface area contributed by atoms with Crippen molar-refractivity contribution in [3.05, 3.63) is 95.5 Å². The van der Waals surface area contributed by atoms with E-state index in [0.29, 0.717) is 10.2 Å². The van der Waals surface area contributed by atoms with E-state index in [1.165, 1.54) is 11.8 Å². The lowest BCUT2D eigenvalue weighted by atomic mass is 10.2. The Labute approximate surface area is 189 Å². The van der Waals surface area contributed by atoms with E-state index >= 15 is 0 Å². The van der Waals surface area contributed by atoms with E-state index < -0.39 is 0 Å². The molecule has 8 heteroatoms. The number of hydrogen-bond donors (Lipinski definition) is 1. The van der Waals surface area contributed by atoms with E-state index in [2.05, 4.69) is 20.7 Å². The quantitative estimate of drug-likeness (QED) is 0.250. The molecule has 3 aromatic carbocycles. The summed E-state index contributed by atoms with van der Waals surface area (Å²) in [6.07, 6.45) is 1.57. The topological polar surface area (TPSA) is 72.2 Å². The van der Waals surface area contributed by atoms with Crippen LogP contribution in [0.4, 0.5) is 0 Å². The van der Waals surface area contributed by atoms with Crippen molar-refractivity contribution in [2.75, 3.05) is 5.75 Å². The lowest BCUT2D eigenvalue weighted by Crippen LogP contribution is -2.20. The van der Waals surface area contributed by atoms with Crippen LogP contribution in [0.5, 0.6) is 0 Å². The first-order valence-corrected chi connectivity index (χ1v) is 10.8. The molecule has 0 aliphatic rings.